The first-order valence-electron chi connectivity index (χ1n) is 11.9. The van der Waals surface area contributed by atoms with E-state index in [1.807, 2.05) is 30.3 Å². The molecule has 0 unspecified atom stereocenters. The van der Waals surface area contributed by atoms with Crippen molar-refractivity contribution < 1.29 is 4.79 Å². The van der Waals surface area contributed by atoms with Crippen LogP contribution in [0.4, 0.5) is 11.5 Å². The highest BCUT2D eigenvalue weighted by Gasteiger charge is 2.33. The SMILES string of the molecule is CC(C)CCN(C(=O)CN(CC(C)C)C1CC1)c1c(N)n(Cc2ccccc2)c(=O)[nH]c1=O. The topological polar surface area (TPSA) is 104 Å². The first kappa shape index (κ1) is 24.8. The van der Waals surface area contributed by atoms with Gasteiger partial charge in [-0.3, -0.25) is 24.0 Å². The Morgan fingerprint density at radius 2 is 1.79 bits per heavy atom. The summed E-state index contributed by atoms with van der Waals surface area (Å²) in [5.41, 5.74) is 6.13. The van der Waals surface area contributed by atoms with Crippen LogP contribution in [0.2, 0.25) is 0 Å². The molecule has 3 rings (SSSR count). The van der Waals surface area contributed by atoms with E-state index in [2.05, 4.69) is 37.6 Å². The van der Waals surface area contributed by atoms with Gasteiger partial charge in [0.1, 0.15) is 5.82 Å². The van der Waals surface area contributed by atoms with Gasteiger partial charge in [-0.2, -0.15) is 0 Å². The van der Waals surface area contributed by atoms with Crippen molar-refractivity contribution in [3.05, 3.63) is 56.7 Å². The Kier molecular flexibility index (Phi) is 8.13. The average molecular weight is 456 g/mol. The van der Waals surface area contributed by atoms with E-state index in [4.69, 9.17) is 5.73 Å². The number of aromatic amines is 1. The van der Waals surface area contributed by atoms with Crippen LogP contribution in [0.25, 0.3) is 0 Å². The zero-order chi connectivity index (χ0) is 24.1. The number of hydrogen-bond donors (Lipinski definition) is 2. The Morgan fingerprint density at radius 1 is 1.12 bits per heavy atom. The maximum absolute atomic E-state index is 13.5. The molecule has 1 fully saturated rings. The van der Waals surface area contributed by atoms with E-state index in [0.717, 1.165) is 31.4 Å². The van der Waals surface area contributed by atoms with Gasteiger partial charge in [-0.25, -0.2) is 4.79 Å². The molecule has 8 nitrogen and oxygen atoms in total. The Balaban J connectivity index is 1.97. The van der Waals surface area contributed by atoms with Gasteiger partial charge in [0.05, 0.1) is 13.1 Å². The molecule has 1 heterocycles. The fourth-order valence-electron chi connectivity index (χ4n) is 4.02. The van der Waals surface area contributed by atoms with Gasteiger partial charge in [0.2, 0.25) is 5.91 Å². The van der Waals surface area contributed by atoms with Crippen LogP contribution >= 0.6 is 0 Å². The summed E-state index contributed by atoms with van der Waals surface area (Å²) in [7, 11) is 0. The summed E-state index contributed by atoms with van der Waals surface area (Å²) < 4.78 is 1.33. The van der Waals surface area contributed by atoms with Crippen LogP contribution in [-0.4, -0.2) is 46.0 Å². The standard InChI is InChI=1S/C25H37N5O3/c1-17(2)12-13-29(21(31)16-28(14-18(3)4)20-10-11-20)22-23(26)30(25(33)27-24(22)32)15-19-8-6-5-7-9-19/h5-9,17-18,20H,10-16,26H2,1-4H3,(H,27,32,33). The summed E-state index contributed by atoms with van der Waals surface area (Å²) in [5, 5.41) is 0. The predicted molar refractivity (Wildman–Crippen MR) is 133 cm³/mol. The highest BCUT2D eigenvalue weighted by Crippen LogP contribution is 2.28. The lowest BCUT2D eigenvalue weighted by Gasteiger charge is -2.29. The largest absolute Gasteiger partial charge is 0.383 e. The molecule has 0 saturated heterocycles. The van der Waals surface area contributed by atoms with Crippen LogP contribution in [-0.2, 0) is 11.3 Å². The van der Waals surface area contributed by atoms with Gasteiger partial charge in [0, 0.05) is 19.1 Å². The smallest absolute Gasteiger partial charge is 0.330 e. The molecule has 0 aliphatic heterocycles. The second-order valence-electron chi connectivity index (χ2n) is 9.85. The van der Waals surface area contributed by atoms with E-state index in [9.17, 15) is 14.4 Å². The lowest BCUT2D eigenvalue weighted by atomic mass is 10.1. The fraction of sp³-hybridized carbons (Fsp3) is 0.560. The number of nitrogens with zero attached hydrogens (tertiary/aromatic N) is 3. The maximum Gasteiger partial charge on any atom is 0.330 e. The minimum atomic E-state index is -0.624. The van der Waals surface area contributed by atoms with E-state index in [0.29, 0.717) is 24.4 Å². The highest BCUT2D eigenvalue weighted by atomic mass is 16.2. The zero-order valence-corrected chi connectivity index (χ0v) is 20.2. The number of rotatable bonds is 11. The molecule has 1 aromatic carbocycles. The number of hydrogen-bond acceptors (Lipinski definition) is 5. The van der Waals surface area contributed by atoms with Crippen molar-refractivity contribution in [2.75, 3.05) is 30.3 Å². The Morgan fingerprint density at radius 3 is 2.36 bits per heavy atom. The molecule has 3 N–H and O–H groups in total. The maximum atomic E-state index is 13.5. The molecular formula is C25H37N5O3. The summed E-state index contributed by atoms with van der Waals surface area (Å²) in [5.74, 6) is 0.631. The number of benzene rings is 1. The molecule has 180 valence electrons. The minimum Gasteiger partial charge on any atom is -0.383 e. The first-order valence-corrected chi connectivity index (χ1v) is 11.9. The van der Waals surface area contributed by atoms with Gasteiger partial charge in [0.15, 0.2) is 5.69 Å². The second kappa shape index (κ2) is 10.8. The summed E-state index contributed by atoms with van der Waals surface area (Å²) in [6.07, 6.45) is 2.91. The molecule has 0 atom stereocenters. The van der Waals surface area contributed by atoms with Crippen LogP contribution in [0, 0.1) is 11.8 Å². The number of amides is 1. The normalized spacial score (nSPS) is 13.8. The van der Waals surface area contributed by atoms with E-state index < -0.39 is 11.2 Å². The van der Waals surface area contributed by atoms with Crippen molar-refractivity contribution in [1.29, 1.82) is 0 Å². The lowest BCUT2D eigenvalue weighted by molar-refractivity contribution is -0.120. The Bertz CT molecular complexity index is 1050. The number of H-pyrrole nitrogens is 1. The van der Waals surface area contributed by atoms with Gasteiger partial charge in [-0.15, -0.1) is 0 Å². The van der Waals surface area contributed by atoms with Crippen molar-refractivity contribution in [3.63, 3.8) is 0 Å². The monoisotopic (exact) mass is 455 g/mol. The molecule has 1 aliphatic rings. The van der Waals surface area contributed by atoms with Crippen molar-refractivity contribution in [3.8, 4) is 0 Å². The van der Waals surface area contributed by atoms with Gasteiger partial charge in [0.25, 0.3) is 5.56 Å². The molecule has 1 aromatic heterocycles. The summed E-state index contributed by atoms with van der Waals surface area (Å²) in [4.78, 5) is 45.1. The van der Waals surface area contributed by atoms with Crippen molar-refractivity contribution >= 4 is 17.4 Å². The van der Waals surface area contributed by atoms with Crippen molar-refractivity contribution in [1.82, 2.24) is 14.5 Å². The zero-order valence-electron chi connectivity index (χ0n) is 20.2. The molecule has 1 amide bonds. The molecule has 2 aromatic rings. The third kappa shape index (κ3) is 6.57. The van der Waals surface area contributed by atoms with E-state index >= 15 is 0 Å². The molecule has 0 spiro atoms. The minimum absolute atomic E-state index is 0.0199. The number of nitrogen functional groups attached to an aromatic ring is 1. The quantitative estimate of drug-likeness (QED) is 0.542. The number of carbonyl (C=O) groups is 1. The third-order valence-electron chi connectivity index (χ3n) is 5.90. The number of nitrogens with two attached hydrogens (primary N) is 1. The van der Waals surface area contributed by atoms with E-state index in [1.54, 1.807) is 0 Å². The number of aromatic nitrogens is 2. The van der Waals surface area contributed by atoms with Crippen LogP contribution in [0.15, 0.2) is 39.9 Å². The van der Waals surface area contributed by atoms with Gasteiger partial charge in [-0.1, -0.05) is 58.0 Å². The van der Waals surface area contributed by atoms with E-state index in [-0.39, 0.29) is 30.5 Å². The highest BCUT2D eigenvalue weighted by molar-refractivity contribution is 5.96. The lowest BCUT2D eigenvalue weighted by Crippen LogP contribution is -2.47. The number of anilines is 2. The van der Waals surface area contributed by atoms with Gasteiger partial charge >= 0.3 is 5.69 Å². The van der Waals surface area contributed by atoms with Gasteiger partial charge in [-0.05, 0) is 36.7 Å². The molecule has 8 heteroatoms. The molecule has 0 radical (unpaired) electrons. The first-order chi connectivity index (χ1) is 15.7. The average Bonchev–Trinajstić information content (AvgIpc) is 3.58. The Hall–Kier alpha value is -2.87. The van der Waals surface area contributed by atoms with Crippen molar-refractivity contribution in [2.45, 2.75) is 59.5 Å². The molecule has 33 heavy (non-hydrogen) atoms. The fourth-order valence-corrected chi connectivity index (χ4v) is 4.02. The molecule has 1 aliphatic carbocycles. The summed E-state index contributed by atoms with van der Waals surface area (Å²) in [6, 6.07) is 9.84. The Labute approximate surface area is 195 Å². The third-order valence-corrected chi connectivity index (χ3v) is 5.90. The molecule has 1 saturated carbocycles. The summed E-state index contributed by atoms with van der Waals surface area (Å²) >= 11 is 0. The number of carbonyl (C=O) groups excluding carboxylic acids is 1. The van der Waals surface area contributed by atoms with Crippen LogP contribution < -0.4 is 21.9 Å². The van der Waals surface area contributed by atoms with Crippen LogP contribution in [0.3, 0.4) is 0 Å². The number of nitrogens with one attached hydrogen (secondary N) is 1. The summed E-state index contributed by atoms with van der Waals surface area (Å²) in [6.45, 7) is 10.1. The van der Waals surface area contributed by atoms with E-state index in [1.165, 1.54) is 9.47 Å². The molecule has 0 bridgehead atoms. The predicted octanol–water partition coefficient (Wildman–Crippen LogP) is 2.67. The van der Waals surface area contributed by atoms with Crippen molar-refractivity contribution in [2.24, 2.45) is 11.8 Å². The van der Waals surface area contributed by atoms with Gasteiger partial charge < -0.3 is 10.6 Å². The van der Waals surface area contributed by atoms with Crippen LogP contribution in [0.5, 0.6) is 0 Å². The second-order valence-corrected chi connectivity index (χ2v) is 9.85. The van der Waals surface area contributed by atoms with Crippen LogP contribution in [0.1, 0.15) is 52.5 Å². The molecular weight excluding hydrogens is 418 g/mol.